The number of pyridine rings is 1. The number of rotatable bonds is 4. The number of aryl methyl sites for hydroxylation is 1. The van der Waals surface area contributed by atoms with Crippen molar-refractivity contribution < 1.29 is 4.79 Å². The van der Waals surface area contributed by atoms with Gasteiger partial charge < -0.3 is 5.32 Å². The first-order valence-electron chi connectivity index (χ1n) is 6.03. The molecule has 0 spiro atoms. The third-order valence-electron chi connectivity index (χ3n) is 2.66. The van der Waals surface area contributed by atoms with E-state index in [9.17, 15) is 4.79 Å². The number of nitrogens with one attached hydrogen (secondary N) is 1. The van der Waals surface area contributed by atoms with Gasteiger partial charge in [0.2, 0.25) is 0 Å². The molecule has 0 aliphatic heterocycles. The second-order valence-electron chi connectivity index (χ2n) is 4.07. The maximum atomic E-state index is 12.4. The van der Waals surface area contributed by atoms with Crippen molar-refractivity contribution >= 4 is 11.6 Å². The second-order valence-corrected chi connectivity index (χ2v) is 4.07. The van der Waals surface area contributed by atoms with Crippen molar-refractivity contribution in [3.8, 4) is 0 Å². The van der Waals surface area contributed by atoms with E-state index in [1.807, 2.05) is 56.3 Å². The van der Waals surface area contributed by atoms with Crippen LogP contribution in [-0.2, 0) is 0 Å². The predicted octanol–water partition coefficient (Wildman–Crippen LogP) is 3.05. The number of anilines is 1. The highest BCUT2D eigenvalue weighted by Gasteiger charge is 2.14. The molecule has 0 unspecified atom stereocenters. The van der Waals surface area contributed by atoms with Crippen LogP contribution in [0.5, 0.6) is 0 Å². The number of carbonyl (C=O) groups is 1. The van der Waals surface area contributed by atoms with Gasteiger partial charge in [-0.05, 0) is 26.0 Å². The Morgan fingerprint density at radius 2 is 1.89 bits per heavy atom. The van der Waals surface area contributed by atoms with E-state index in [1.54, 1.807) is 0 Å². The number of carbonyl (C=O) groups excluding carboxylic acids is 1. The summed E-state index contributed by atoms with van der Waals surface area (Å²) in [5.74, 6) is 0.658. The molecule has 0 bridgehead atoms. The number of hydrogen-bond acceptors (Lipinski definition) is 3. The van der Waals surface area contributed by atoms with Crippen LogP contribution in [0.25, 0.3) is 0 Å². The van der Waals surface area contributed by atoms with Crippen LogP contribution in [0.4, 0.5) is 5.82 Å². The molecule has 2 rings (SSSR count). The average molecular weight is 240 g/mol. The third kappa shape index (κ3) is 2.56. The fourth-order valence-corrected chi connectivity index (χ4v) is 1.79. The third-order valence-corrected chi connectivity index (χ3v) is 2.66. The van der Waals surface area contributed by atoms with Crippen LogP contribution in [0.2, 0.25) is 0 Å². The molecule has 0 amide bonds. The van der Waals surface area contributed by atoms with Gasteiger partial charge in [0.05, 0.1) is 5.56 Å². The summed E-state index contributed by atoms with van der Waals surface area (Å²) >= 11 is 0. The van der Waals surface area contributed by atoms with Gasteiger partial charge in [-0.1, -0.05) is 30.3 Å². The van der Waals surface area contributed by atoms with E-state index in [0.717, 1.165) is 12.2 Å². The minimum Gasteiger partial charge on any atom is -0.370 e. The summed E-state index contributed by atoms with van der Waals surface area (Å²) in [6.07, 6.45) is 0. The smallest absolute Gasteiger partial charge is 0.196 e. The molecule has 1 aromatic heterocycles. The Hall–Kier alpha value is -2.16. The summed E-state index contributed by atoms with van der Waals surface area (Å²) < 4.78 is 0. The largest absolute Gasteiger partial charge is 0.370 e. The normalized spacial score (nSPS) is 10.1. The molecule has 1 aromatic carbocycles. The maximum absolute atomic E-state index is 12.4. The lowest BCUT2D eigenvalue weighted by Gasteiger charge is -2.09. The maximum Gasteiger partial charge on any atom is 0.196 e. The van der Waals surface area contributed by atoms with Crippen LogP contribution >= 0.6 is 0 Å². The van der Waals surface area contributed by atoms with E-state index in [-0.39, 0.29) is 5.78 Å². The zero-order chi connectivity index (χ0) is 13.0. The van der Waals surface area contributed by atoms with Gasteiger partial charge in [-0.15, -0.1) is 0 Å². The summed E-state index contributed by atoms with van der Waals surface area (Å²) in [4.78, 5) is 16.8. The minimum absolute atomic E-state index is 0.000880. The lowest BCUT2D eigenvalue weighted by molar-refractivity contribution is 0.103. The molecule has 18 heavy (non-hydrogen) atoms. The minimum atomic E-state index is -0.000880. The Kier molecular flexibility index (Phi) is 3.72. The van der Waals surface area contributed by atoms with Crippen molar-refractivity contribution in [1.82, 2.24) is 4.98 Å². The highest BCUT2D eigenvalue weighted by atomic mass is 16.1. The molecule has 0 fully saturated rings. The van der Waals surface area contributed by atoms with Gasteiger partial charge in [0.25, 0.3) is 0 Å². The van der Waals surface area contributed by atoms with Crippen molar-refractivity contribution in [3.63, 3.8) is 0 Å². The Labute approximate surface area is 107 Å². The summed E-state index contributed by atoms with van der Waals surface area (Å²) in [7, 11) is 0. The zero-order valence-corrected chi connectivity index (χ0v) is 10.6. The van der Waals surface area contributed by atoms with Crippen molar-refractivity contribution in [2.75, 3.05) is 11.9 Å². The fraction of sp³-hybridized carbons (Fsp3) is 0.200. The Morgan fingerprint density at radius 3 is 2.56 bits per heavy atom. The molecule has 0 radical (unpaired) electrons. The van der Waals surface area contributed by atoms with Crippen LogP contribution in [0.3, 0.4) is 0 Å². The molecule has 3 nitrogen and oxygen atoms in total. The van der Waals surface area contributed by atoms with Gasteiger partial charge in [0.15, 0.2) is 5.78 Å². The average Bonchev–Trinajstić information content (AvgIpc) is 2.40. The number of nitrogens with zero attached hydrogens (tertiary/aromatic N) is 1. The number of aromatic nitrogens is 1. The monoisotopic (exact) mass is 240 g/mol. The molecule has 0 saturated carbocycles. The molecule has 2 aromatic rings. The molecule has 3 heteroatoms. The second kappa shape index (κ2) is 5.45. The van der Waals surface area contributed by atoms with Crippen molar-refractivity contribution in [2.45, 2.75) is 13.8 Å². The van der Waals surface area contributed by atoms with Gasteiger partial charge in [-0.25, -0.2) is 4.98 Å². The lowest BCUT2D eigenvalue weighted by atomic mass is 10.0. The number of ketones is 1. The summed E-state index contributed by atoms with van der Waals surface area (Å²) in [6.45, 7) is 4.64. The molecule has 0 atom stereocenters. The first kappa shape index (κ1) is 12.3. The van der Waals surface area contributed by atoms with Gasteiger partial charge in [0.1, 0.15) is 5.82 Å². The van der Waals surface area contributed by atoms with Crippen molar-refractivity contribution in [3.05, 3.63) is 59.3 Å². The Balaban J connectivity index is 2.41. The first-order valence-corrected chi connectivity index (χ1v) is 6.03. The topological polar surface area (TPSA) is 42.0 Å². The number of hydrogen-bond donors (Lipinski definition) is 1. The molecule has 1 N–H and O–H groups in total. The Bertz CT molecular complexity index is 550. The van der Waals surface area contributed by atoms with Crippen LogP contribution in [0.1, 0.15) is 28.5 Å². The van der Waals surface area contributed by atoms with Crippen molar-refractivity contribution in [2.24, 2.45) is 0 Å². The van der Waals surface area contributed by atoms with Crippen LogP contribution < -0.4 is 5.32 Å². The SMILES string of the molecule is CCNc1nc(C)ccc1C(=O)c1ccccc1. The fourth-order valence-electron chi connectivity index (χ4n) is 1.79. The first-order chi connectivity index (χ1) is 8.72. The van der Waals surface area contributed by atoms with E-state index < -0.39 is 0 Å². The van der Waals surface area contributed by atoms with E-state index >= 15 is 0 Å². The zero-order valence-electron chi connectivity index (χ0n) is 10.6. The van der Waals surface area contributed by atoms with E-state index in [1.165, 1.54) is 0 Å². The summed E-state index contributed by atoms with van der Waals surface area (Å²) in [5.41, 5.74) is 2.20. The molecule has 92 valence electrons. The van der Waals surface area contributed by atoms with E-state index in [4.69, 9.17) is 0 Å². The van der Waals surface area contributed by atoms with Gasteiger partial charge in [-0.2, -0.15) is 0 Å². The molecule has 0 aliphatic carbocycles. The van der Waals surface area contributed by atoms with E-state index in [0.29, 0.717) is 16.9 Å². The van der Waals surface area contributed by atoms with Crippen LogP contribution in [0.15, 0.2) is 42.5 Å². The standard InChI is InChI=1S/C15H16N2O/c1-3-16-15-13(10-9-11(2)17-15)14(18)12-7-5-4-6-8-12/h4-10H,3H2,1-2H3,(H,16,17). The van der Waals surface area contributed by atoms with Crippen LogP contribution in [0, 0.1) is 6.92 Å². The lowest BCUT2D eigenvalue weighted by Crippen LogP contribution is -2.10. The highest BCUT2D eigenvalue weighted by Crippen LogP contribution is 2.17. The number of benzene rings is 1. The summed E-state index contributed by atoms with van der Waals surface area (Å²) in [6, 6.07) is 12.9. The quantitative estimate of drug-likeness (QED) is 0.835. The van der Waals surface area contributed by atoms with E-state index in [2.05, 4.69) is 10.3 Å². The molecular weight excluding hydrogens is 224 g/mol. The molecule has 1 heterocycles. The van der Waals surface area contributed by atoms with Crippen LogP contribution in [-0.4, -0.2) is 17.3 Å². The Morgan fingerprint density at radius 1 is 1.17 bits per heavy atom. The van der Waals surface area contributed by atoms with Gasteiger partial charge >= 0.3 is 0 Å². The molecular formula is C15H16N2O. The molecule has 0 aliphatic rings. The highest BCUT2D eigenvalue weighted by molar-refractivity contribution is 6.11. The van der Waals surface area contributed by atoms with Gasteiger partial charge in [0, 0.05) is 17.8 Å². The van der Waals surface area contributed by atoms with Gasteiger partial charge in [-0.3, -0.25) is 4.79 Å². The predicted molar refractivity (Wildman–Crippen MR) is 73.0 cm³/mol. The summed E-state index contributed by atoms with van der Waals surface area (Å²) in [5, 5.41) is 3.14. The van der Waals surface area contributed by atoms with Crippen molar-refractivity contribution in [1.29, 1.82) is 0 Å². The molecule has 0 saturated heterocycles.